The molecule has 0 saturated heterocycles. The van der Waals surface area contributed by atoms with Crippen molar-refractivity contribution in [3.8, 4) is 5.75 Å². The second kappa shape index (κ2) is 6.58. The predicted molar refractivity (Wildman–Crippen MR) is 84.4 cm³/mol. The van der Waals surface area contributed by atoms with Crippen molar-refractivity contribution in [2.75, 3.05) is 13.7 Å². The number of rotatable bonds is 5. The molecule has 0 aromatic heterocycles. The highest BCUT2D eigenvalue weighted by Crippen LogP contribution is 2.33. The molecule has 0 heterocycles. The molecule has 2 nitrogen and oxygen atoms in total. The van der Waals surface area contributed by atoms with Gasteiger partial charge in [-0.05, 0) is 43.1 Å². The molecule has 0 aliphatic rings. The van der Waals surface area contributed by atoms with Crippen LogP contribution in [0.3, 0.4) is 0 Å². The Balaban J connectivity index is 2.55. The summed E-state index contributed by atoms with van der Waals surface area (Å²) >= 11 is 0. The lowest BCUT2D eigenvalue weighted by atomic mass is 9.92. The van der Waals surface area contributed by atoms with Crippen molar-refractivity contribution in [2.24, 2.45) is 0 Å². The second-order valence-corrected chi connectivity index (χ2v) is 5.10. The zero-order valence-electron chi connectivity index (χ0n) is 12.7. The third-order valence-electron chi connectivity index (χ3n) is 3.54. The van der Waals surface area contributed by atoms with Crippen molar-refractivity contribution in [1.29, 1.82) is 0 Å². The zero-order valence-corrected chi connectivity index (χ0v) is 12.7. The lowest BCUT2D eigenvalue weighted by Gasteiger charge is -2.23. The minimum atomic E-state index is 0.164. The van der Waals surface area contributed by atoms with Gasteiger partial charge in [0.25, 0.3) is 0 Å². The van der Waals surface area contributed by atoms with E-state index in [9.17, 15) is 0 Å². The Hall–Kier alpha value is -1.80. The Labute approximate surface area is 121 Å². The highest BCUT2D eigenvalue weighted by Gasteiger charge is 2.19. The number of hydrogen-bond donors (Lipinski definition) is 1. The lowest BCUT2D eigenvalue weighted by molar-refractivity contribution is 0.403. The quantitative estimate of drug-likeness (QED) is 0.885. The van der Waals surface area contributed by atoms with Gasteiger partial charge in [0.15, 0.2) is 0 Å². The summed E-state index contributed by atoms with van der Waals surface area (Å²) in [5, 5.41) is 3.57. The molecule has 2 aromatic rings. The highest BCUT2D eigenvalue weighted by molar-refractivity contribution is 5.48. The van der Waals surface area contributed by atoms with Gasteiger partial charge in [0, 0.05) is 5.56 Å². The first-order chi connectivity index (χ1) is 9.67. The van der Waals surface area contributed by atoms with Crippen molar-refractivity contribution in [3.05, 3.63) is 64.7 Å². The van der Waals surface area contributed by atoms with E-state index in [2.05, 4.69) is 62.5 Å². The molecule has 0 amide bonds. The van der Waals surface area contributed by atoms with Gasteiger partial charge < -0.3 is 10.1 Å². The molecule has 2 aromatic carbocycles. The normalized spacial score (nSPS) is 12.2. The summed E-state index contributed by atoms with van der Waals surface area (Å²) in [7, 11) is 1.74. The molecule has 0 saturated carbocycles. The van der Waals surface area contributed by atoms with Gasteiger partial charge in [-0.3, -0.25) is 0 Å². The Bertz CT molecular complexity index is 563. The van der Waals surface area contributed by atoms with Gasteiger partial charge in [-0.15, -0.1) is 0 Å². The first-order valence-corrected chi connectivity index (χ1v) is 7.10. The van der Waals surface area contributed by atoms with Crippen LogP contribution in [-0.4, -0.2) is 13.7 Å². The summed E-state index contributed by atoms with van der Waals surface area (Å²) in [4.78, 5) is 0. The van der Waals surface area contributed by atoms with Gasteiger partial charge >= 0.3 is 0 Å². The van der Waals surface area contributed by atoms with Crippen LogP contribution in [-0.2, 0) is 0 Å². The third kappa shape index (κ3) is 3.02. The maximum Gasteiger partial charge on any atom is 0.124 e. The molecule has 106 valence electrons. The Kier molecular flexibility index (Phi) is 4.80. The zero-order chi connectivity index (χ0) is 14.5. The van der Waals surface area contributed by atoms with Crippen molar-refractivity contribution in [1.82, 2.24) is 5.32 Å². The number of benzene rings is 2. The van der Waals surface area contributed by atoms with E-state index in [1.807, 2.05) is 6.07 Å². The highest BCUT2D eigenvalue weighted by atomic mass is 16.5. The van der Waals surface area contributed by atoms with Crippen LogP contribution in [0.4, 0.5) is 0 Å². The predicted octanol–water partition coefficient (Wildman–Crippen LogP) is 4.01. The Morgan fingerprint density at radius 3 is 2.40 bits per heavy atom. The Morgan fingerprint density at radius 1 is 1.10 bits per heavy atom. The molecule has 20 heavy (non-hydrogen) atoms. The van der Waals surface area contributed by atoms with Crippen molar-refractivity contribution in [2.45, 2.75) is 26.8 Å². The SMILES string of the molecule is CCNC(c1ccccc1)c1c(C)cc(C)cc1OC. The summed E-state index contributed by atoms with van der Waals surface area (Å²) in [5.41, 5.74) is 4.98. The van der Waals surface area contributed by atoms with Crippen LogP contribution in [0.15, 0.2) is 42.5 Å². The summed E-state index contributed by atoms with van der Waals surface area (Å²) in [5.74, 6) is 0.956. The fourth-order valence-corrected chi connectivity index (χ4v) is 2.71. The molecule has 0 aliphatic carbocycles. The van der Waals surface area contributed by atoms with E-state index in [4.69, 9.17) is 4.74 Å². The van der Waals surface area contributed by atoms with E-state index in [1.54, 1.807) is 7.11 Å². The van der Waals surface area contributed by atoms with Crippen LogP contribution in [0.1, 0.15) is 35.2 Å². The van der Waals surface area contributed by atoms with Crippen molar-refractivity contribution in [3.63, 3.8) is 0 Å². The Morgan fingerprint density at radius 2 is 1.80 bits per heavy atom. The fraction of sp³-hybridized carbons (Fsp3) is 0.333. The van der Waals surface area contributed by atoms with Gasteiger partial charge in [-0.2, -0.15) is 0 Å². The topological polar surface area (TPSA) is 21.3 Å². The monoisotopic (exact) mass is 269 g/mol. The molecule has 2 rings (SSSR count). The van der Waals surface area contributed by atoms with E-state index in [0.29, 0.717) is 0 Å². The molecular formula is C18H23NO. The fourth-order valence-electron chi connectivity index (χ4n) is 2.71. The van der Waals surface area contributed by atoms with Crippen molar-refractivity contribution < 1.29 is 4.74 Å². The molecule has 1 atom stereocenters. The van der Waals surface area contributed by atoms with Gasteiger partial charge in [-0.1, -0.05) is 43.3 Å². The van der Waals surface area contributed by atoms with Crippen LogP contribution < -0.4 is 10.1 Å². The van der Waals surface area contributed by atoms with E-state index in [-0.39, 0.29) is 6.04 Å². The maximum atomic E-state index is 5.62. The second-order valence-electron chi connectivity index (χ2n) is 5.10. The van der Waals surface area contributed by atoms with E-state index < -0.39 is 0 Å². The van der Waals surface area contributed by atoms with E-state index >= 15 is 0 Å². The third-order valence-corrected chi connectivity index (χ3v) is 3.54. The minimum Gasteiger partial charge on any atom is -0.496 e. The molecule has 0 spiro atoms. The summed E-state index contributed by atoms with van der Waals surface area (Å²) in [6.07, 6.45) is 0. The number of methoxy groups -OCH3 is 1. The maximum absolute atomic E-state index is 5.62. The number of ether oxygens (including phenoxy) is 1. The smallest absolute Gasteiger partial charge is 0.124 e. The average molecular weight is 269 g/mol. The van der Waals surface area contributed by atoms with Crippen LogP contribution >= 0.6 is 0 Å². The van der Waals surface area contributed by atoms with Crippen LogP contribution in [0, 0.1) is 13.8 Å². The molecule has 0 fully saturated rings. The first kappa shape index (κ1) is 14.6. The minimum absolute atomic E-state index is 0.164. The van der Waals surface area contributed by atoms with Gasteiger partial charge in [0.1, 0.15) is 5.75 Å². The first-order valence-electron chi connectivity index (χ1n) is 7.10. The largest absolute Gasteiger partial charge is 0.496 e. The van der Waals surface area contributed by atoms with Gasteiger partial charge in [0.2, 0.25) is 0 Å². The lowest BCUT2D eigenvalue weighted by Crippen LogP contribution is -2.23. The van der Waals surface area contributed by atoms with Crippen LogP contribution in [0.2, 0.25) is 0 Å². The number of aryl methyl sites for hydroxylation is 2. The van der Waals surface area contributed by atoms with E-state index in [0.717, 1.165) is 12.3 Å². The van der Waals surface area contributed by atoms with Crippen molar-refractivity contribution >= 4 is 0 Å². The number of hydrogen-bond acceptors (Lipinski definition) is 2. The van der Waals surface area contributed by atoms with Crippen LogP contribution in [0.25, 0.3) is 0 Å². The summed E-state index contributed by atoms with van der Waals surface area (Å²) in [6, 6.07) is 15.0. The van der Waals surface area contributed by atoms with Gasteiger partial charge in [-0.25, -0.2) is 0 Å². The summed E-state index contributed by atoms with van der Waals surface area (Å²) < 4.78 is 5.62. The van der Waals surface area contributed by atoms with Crippen LogP contribution in [0.5, 0.6) is 5.75 Å². The molecule has 0 bridgehead atoms. The number of nitrogens with one attached hydrogen (secondary N) is 1. The van der Waals surface area contributed by atoms with E-state index in [1.165, 1.54) is 22.3 Å². The molecule has 1 N–H and O–H groups in total. The average Bonchev–Trinajstić information content (AvgIpc) is 2.45. The summed E-state index contributed by atoms with van der Waals surface area (Å²) in [6.45, 7) is 7.30. The standard InChI is InChI=1S/C18H23NO/c1-5-19-18(15-9-7-6-8-10-15)17-14(3)11-13(2)12-16(17)20-4/h6-12,18-19H,5H2,1-4H3. The van der Waals surface area contributed by atoms with Gasteiger partial charge in [0.05, 0.1) is 13.2 Å². The molecule has 1 unspecified atom stereocenters. The molecule has 0 radical (unpaired) electrons. The molecule has 0 aliphatic heterocycles. The molecule has 2 heteroatoms. The molecular weight excluding hydrogens is 246 g/mol.